The molecule has 1 aliphatic heterocycles. The average Bonchev–Trinajstić information content (AvgIpc) is 3.39. The van der Waals surface area contributed by atoms with Gasteiger partial charge in [0, 0.05) is 19.5 Å². The molecular formula is C24H43N9O7. The molecule has 1 fully saturated rings. The summed E-state index contributed by atoms with van der Waals surface area (Å²) in [4.78, 5) is 78.9. The molecule has 5 amide bonds. The highest BCUT2D eigenvalue weighted by Gasteiger charge is 2.36. The molecule has 0 saturated carbocycles. The van der Waals surface area contributed by atoms with E-state index in [0.29, 0.717) is 32.2 Å². The lowest BCUT2D eigenvalue weighted by atomic mass is 9.98. The van der Waals surface area contributed by atoms with Crippen LogP contribution in [-0.4, -0.2) is 95.3 Å². The van der Waals surface area contributed by atoms with Crippen molar-refractivity contribution in [3.05, 3.63) is 0 Å². The zero-order valence-electron chi connectivity index (χ0n) is 23.1. The van der Waals surface area contributed by atoms with Crippen LogP contribution in [0, 0.1) is 5.92 Å². The van der Waals surface area contributed by atoms with Gasteiger partial charge in [-0.25, -0.2) is 4.79 Å². The molecule has 5 atom stereocenters. The number of nitrogens with one attached hydrogen (secondary N) is 3. The number of likely N-dealkylation sites (tertiary alicyclic amines) is 1. The molecule has 0 aromatic rings. The van der Waals surface area contributed by atoms with Gasteiger partial charge in [-0.2, -0.15) is 0 Å². The lowest BCUT2D eigenvalue weighted by Crippen LogP contribution is -2.55. The van der Waals surface area contributed by atoms with Crippen LogP contribution >= 0.6 is 0 Å². The van der Waals surface area contributed by atoms with Crippen LogP contribution in [0.4, 0.5) is 0 Å². The lowest BCUT2D eigenvalue weighted by Gasteiger charge is -2.27. The number of rotatable bonds is 17. The van der Waals surface area contributed by atoms with E-state index in [2.05, 4.69) is 20.9 Å². The Morgan fingerprint density at radius 3 is 2.33 bits per heavy atom. The molecule has 1 saturated heterocycles. The summed E-state index contributed by atoms with van der Waals surface area (Å²) in [7, 11) is 0. The van der Waals surface area contributed by atoms with E-state index in [1.54, 1.807) is 13.8 Å². The second-order valence-corrected chi connectivity index (χ2v) is 9.80. The Morgan fingerprint density at radius 2 is 1.75 bits per heavy atom. The SMILES string of the molecule is CC[C@H](C)[C@H](NC(=O)[C@H](CCCN=C(N)N)NC(=O)CNC(=O)[C@@H]1CCCN1C(=O)[C@@H](N)CCC(N)=O)C(=O)O. The summed E-state index contributed by atoms with van der Waals surface area (Å²) in [6, 6.07) is -4.11. The number of guanidine groups is 1. The summed E-state index contributed by atoms with van der Waals surface area (Å²) < 4.78 is 0. The monoisotopic (exact) mass is 569 g/mol. The second-order valence-electron chi connectivity index (χ2n) is 9.80. The van der Waals surface area contributed by atoms with E-state index in [9.17, 15) is 33.9 Å². The molecule has 1 rings (SSSR count). The standard InChI is InChI=1S/C24H43N9O7/c1-3-13(2)19(23(39)40)32-20(36)15(6-4-10-29-24(27)28)31-18(35)12-30-21(37)16-7-5-11-33(16)22(38)14(25)8-9-17(26)34/h13-16,19H,3-12,25H2,1-2H3,(H2,26,34)(H,30,37)(H,31,35)(H,32,36)(H,39,40)(H4,27,28,29)/t13-,14-,15-,16-,19-/m0/s1. The number of aliphatic imine (C=N–C) groups is 1. The fourth-order valence-electron chi connectivity index (χ4n) is 4.18. The Morgan fingerprint density at radius 1 is 1.07 bits per heavy atom. The number of carbonyl (C=O) groups excluding carboxylic acids is 5. The van der Waals surface area contributed by atoms with Gasteiger partial charge in [-0.15, -0.1) is 0 Å². The molecule has 16 nitrogen and oxygen atoms in total. The topological polar surface area (TPSA) is 278 Å². The van der Waals surface area contributed by atoms with Crippen LogP contribution in [0.1, 0.15) is 58.8 Å². The molecule has 0 unspecified atom stereocenters. The van der Waals surface area contributed by atoms with Crippen molar-refractivity contribution in [3.8, 4) is 0 Å². The van der Waals surface area contributed by atoms with Gasteiger partial charge in [-0.1, -0.05) is 20.3 Å². The molecule has 0 aromatic heterocycles. The predicted molar refractivity (Wildman–Crippen MR) is 145 cm³/mol. The van der Waals surface area contributed by atoms with E-state index in [1.165, 1.54) is 4.90 Å². The minimum absolute atomic E-state index is 0.0494. The molecule has 1 heterocycles. The van der Waals surface area contributed by atoms with Crippen LogP contribution in [0.25, 0.3) is 0 Å². The van der Waals surface area contributed by atoms with Crippen molar-refractivity contribution in [1.82, 2.24) is 20.9 Å². The Labute approximate surface area is 233 Å². The third kappa shape index (κ3) is 11.4. The number of carbonyl (C=O) groups is 6. The van der Waals surface area contributed by atoms with Crippen LogP contribution in [0.2, 0.25) is 0 Å². The predicted octanol–water partition coefficient (Wildman–Crippen LogP) is -3.16. The lowest BCUT2D eigenvalue weighted by molar-refractivity contribution is -0.143. The number of hydrogen-bond donors (Lipinski definition) is 8. The first-order valence-corrected chi connectivity index (χ1v) is 13.3. The number of primary amides is 1. The fourth-order valence-corrected chi connectivity index (χ4v) is 4.18. The van der Waals surface area contributed by atoms with Crippen LogP contribution in [0.3, 0.4) is 0 Å². The van der Waals surface area contributed by atoms with Crippen LogP contribution < -0.4 is 38.9 Å². The smallest absolute Gasteiger partial charge is 0.326 e. The van der Waals surface area contributed by atoms with Crippen molar-refractivity contribution < 1.29 is 33.9 Å². The first-order chi connectivity index (χ1) is 18.8. The van der Waals surface area contributed by atoms with Gasteiger partial charge in [0.2, 0.25) is 29.5 Å². The summed E-state index contributed by atoms with van der Waals surface area (Å²) in [5, 5.41) is 17.0. The Hall–Kier alpha value is -3.95. The molecule has 0 bridgehead atoms. The number of aliphatic carboxylic acids is 1. The highest BCUT2D eigenvalue weighted by atomic mass is 16.4. The Balaban J connectivity index is 2.80. The second kappa shape index (κ2) is 16.9. The summed E-state index contributed by atoms with van der Waals surface area (Å²) in [6.07, 6.45) is 1.81. The quantitative estimate of drug-likeness (QED) is 0.0494. The molecule has 0 spiro atoms. The van der Waals surface area contributed by atoms with Gasteiger partial charge in [-0.3, -0.25) is 29.0 Å². The molecule has 0 radical (unpaired) electrons. The average molecular weight is 570 g/mol. The minimum Gasteiger partial charge on any atom is -0.480 e. The zero-order valence-corrected chi connectivity index (χ0v) is 23.1. The van der Waals surface area contributed by atoms with E-state index < -0.39 is 66.2 Å². The molecule has 226 valence electrons. The van der Waals surface area contributed by atoms with Crippen molar-refractivity contribution in [3.63, 3.8) is 0 Å². The number of amides is 5. The van der Waals surface area contributed by atoms with Crippen molar-refractivity contribution in [2.75, 3.05) is 19.6 Å². The largest absolute Gasteiger partial charge is 0.480 e. The molecule has 12 N–H and O–H groups in total. The van der Waals surface area contributed by atoms with Crippen molar-refractivity contribution in [1.29, 1.82) is 0 Å². The van der Waals surface area contributed by atoms with E-state index in [1.807, 2.05) is 0 Å². The number of nitrogens with two attached hydrogens (primary N) is 4. The summed E-state index contributed by atoms with van der Waals surface area (Å²) in [5.74, 6) is -4.75. The van der Waals surface area contributed by atoms with E-state index in [0.717, 1.165) is 0 Å². The molecule has 40 heavy (non-hydrogen) atoms. The van der Waals surface area contributed by atoms with Gasteiger partial charge in [-0.05, 0) is 38.0 Å². The van der Waals surface area contributed by atoms with Gasteiger partial charge in [0.1, 0.15) is 18.1 Å². The van der Waals surface area contributed by atoms with Gasteiger partial charge < -0.3 is 48.9 Å². The highest BCUT2D eigenvalue weighted by molar-refractivity contribution is 5.94. The fraction of sp³-hybridized carbons (Fsp3) is 0.708. The number of hydrogen-bond acceptors (Lipinski definition) is 8. The highest BCUT2D eigenvalue weighted by Crippen LogP contribution is 2.19. The minimum atomic E-state index is -1.20. The van der Waals surface area contributed by atoms with E-state index >= 15 is 0 Å². The summed E-state index contributed by atoms with van der Waals surface area (Å²) >= 11 is 0. The number of nitrogens with zero attached hydrogens (tertiary/aromatic N) is 2. The molecular weight excluding hydrogens is 526 g/mol. The van der Waals surface area contributed by atoms with Gasteiger partial charge in [0.25, 0.3) is 0 Å². The van der Waals surface area contributed by atoms with Crippen molar-refractivity contribution in [2.24, 2.45) is 33.8 Å². The maximum atomic E-state index is 12.9. The normalized spacial score (nSPS) is 17.6. The van der Waals surface area contributed by atoms with E-state index in [4.69, 9.17) is 22.9 Å². The summed E-state index contributed by atoms with van der Waals surface area (Å²) in [5.41, 5.74) is 21.6. The van der Waals surface area contributed by atoms with Crippen molar-refractivity contribution >= 4 is 41.5 Å². The Kier molecular flexibility index (Phi) is 14.4. The van der Waals surface area contributed by atoms with Crippen LogP contribution in [0.15, 0.2) is 4.99 Å². The van der Waals surface area contributed by atoms with Crippen LogP contribution in [0.5, 0.6) is 0 Å². The zero-order chi connectivity index (χ0) is 30.4. The van der Waals surface area contributed by atoms with Gasteiger partial charge in [0.15, 0.2) is 5.96 Å². The third-order valence-corrected chi connectivity index (χ3v) is 6.65. The van der Waals surface area contributed by atoms with Gasteiger partial charge in [0.05, 0.1) is 12.6 Å². The Bertz CT molecular complexity index is 955. The maximum Gasteiger partial charge on any atom is 0.326 e. The summed E-state index contributed by atoms with van der Waals surface area (Å²) in [6.45, 7) is 3.46. The number of carboxylic acids is 1. The molecule has 16 heteroatoms. The first-order valence-electron chi connectivity index (χ1n) is 13.3. The molecule has 0 aromatic carbocycles. The maximum absolute atomic E-state index is 12.9. The molecule has 1 aliphatic rings. The van der Waals surface area contributed by atoms with E-state index in [-0.39, 0.29) is 37.7 Å². The first kappa shape index (κ1) is 34.1. The van der Waals surface area contributed by atoms with Crippen LogP contribution in [-0.2, 0) is 28.8 Å². The third-order valence-electron chi connectivity index (χ3n) is 6.65. The molecule has 0 aliphatic carbocycles. The van der Waals surface area contributed by atoms with Crippen molar-refractivity contribution in [2.45, 2.75) is 83.0 Å². The number of carboxylic acid groups (broad SMARTS) is 1. The van der Waals surface area contributed by atoms with Gasteiger partial charge >= 0.3 is 5.97 Å².